The molecule has 3 aromatic carbocycles. The molecule has 0 radical (unpaired) electrons. The van der Waals surface area contributed by atoms with E-state index in [2.05, 4.69) is 5.32 Å². The standard InChI is InChI=1S/C31H39N3O5S/c1-6-29(31(36)32-23(2)3)33(20-25-14-12-24(4)13-15-25)30(35)21-34(40(5,37)38)27-16-18-28(19-17-27)39-22-26-10-8-7-9-11-26/h7-19,23,29H,6,20-22H2,1-5H3,(H,32,36)/t29-/m1/s1. The average molecular weight is 566 g/mol. The predicted octanol–water partition coefficient (Wildman–Crippen LogP) is 4.67. The van der Waals surface area contributed by atoms with E-state index in [9.17, 15) is 18.0 Å². The minimum atomic E-state index is -3.82. The molecule has 1 atom stereocenters. The third kappa shape index (κ3) is 8.84. The van der Waals surface area contributed by atoms with Crippen molar-refractivity contribution in [3.05, 3.63) is 95.6 Å². The van der Waals surface area contributed by atoms with Gasteiger partial charge in [0.2, 0.25) is 21.8 Å². The molecule has 0 aliphatic heterocycles. The van der Waals surface area contributed by atoms with Crippen molar-refractivity contribution in [2.45, 2.75) is 59.4 Å². The summed E-state index contributed by atoms with van der Waals surface area (Å²) in [6, 6.07) is 23.1. The van der Waals surface area contributed by atoms with Crippen molar-refractivity contribution in [2.24, 2.45) is 0 Å². The summed E-state index contributed by atoms with van der Waals surface area (Å²) in [5.41, 5.74) is 3.26. The Kier molecular flexibility index (Phi) is 10.7. The molecule has 8 nitrogen and oxygen atoms in total. The van der Waals surface area contributed by atoms with Crippen LogP contribution in [0.1, 0.15) is 43.9 Å². The number of hydrogen-bond donors (Lipinski definition) is 1. The lowest BCUT2D eigenvalue weighted by Crippen LogP contribution is -2.53. The first-order valence-corrected chi connectivity index (χ1v) is 15.2. The van der Waals surface area contributed by atoms with Crippen LogP contribution in [0.5, 0.6) is 5.75 Å². The first-order valence-electron chi connectivity index (χ1n) is 13.4. The molecule has 0 spiro atoms. The van der Waals surface area contributed by atoms with Gasteiger partial charge in [0, 0.05) is 12.6 Å². The van der Waals surface area contributed by atoms with E-state index >= 15 is 0 Å². The van der Waals surface area contributed by atoms with Crippen LogP contribution in [0.15, 0.2) is 78.9 Å². The zero-order chi connectivity index (χ0) is 29.3. The van der Waals surface area contributed by atoms with Crippen molar-refractivity contribution < 1.29 is 22.7 Å². The fourth-order valence-corrected chi connectivity index (χ4v) is 5.10. The molecule has 0 saturated heterocycles. The Hall–Kier alpha value is -3.85. The summed E-state index contributed by atoms with van der Waals surface area (Å²) in [6.45, 7) is 7.62. The molecule has 2 amide bonds. The molecule has 3 aromatic rings. The van der Waals surface area contributed by atoms with Gasteiger partial charge in [-0.3, -0.25) is 13.9 Å². The van der Waals surface area contributed by atoms with Crippen LogP contribution < -0.4 is 14.4 Å². The molecule has 0 heterocycles. The maximum atomic E-state index is 13.8. The van der Waals surface area contributed by atoms with E-state index in [1.54, 1.807) is 24.3 Å². The van der Waals surface area contributed by atoms with Crippen molar-refractivity contribution in [2.75, 3.05) is 17.1 Å². The number of amides is 2. The van der Waals surface area contributed by atoms with Gasteiger partial charge >= 0.3 is 0 Å². The number of anilines is 1. The SMILES string of the molecule is CC[C@H](C(=O)NC(C)C)N(Cc1ccc(C)cc1)C(=O)CN(c1ccc(OCc2ccccc2)cc1)S(C)(=O)=O. The highest BCUT2D eigenvalue weighted by Crippen LogP contribution is 2.23. The maximum absolute atomic E-state index is 13.8. The molecule has 0 aliphatic carbocycles. The lowest BCUT2D eigenvalue weighted by atomic mass is 10.1. The van der Waals surface area contributed by atoms with E-state index in [-0.39, 0.29) is 18.5 Å². The zero-order valence-electron chi connectivity index (χ0n) is 23.8. The van der Waals surface area contributed by atoms with Crippen molar-refractivity contribution in [1.82, 2.24) is 10.2 Å². The summed E-state index contributed by atoms with van der Waals surface area (Å²) in [5.74, 6) is -0.172. The smallest absolute Gasteiger partial charge is 0.244 e. The highest BCUT2D eigenvalue weighted by Gasteiger charge is 2.32. The number of benzene rings is 3. The van der Waals surface area contributed by atoms with Crippen LogP contribution in [-0.4, -0.2) is 50.0 Å². The molecule has 0 fully saturated rings. The number of aryl methyl sites for hydroxylation is 1. The van der Waals surface area contributed by atoms with Gasteiger partial charge in [0.25, 0.3) is 0 Å². The molecule has 0 aromatic heterocycles. The molecule has 0 saturated carbocycles. The van der Waals surface area contributed by atoms with Crippen LogP contribution >= 0.6 is 0 Å². The van der Waals surface area contributed by atoms with Crippen LogP contribution in [0.3, 0.4) is 0 Å². The van der Waals surface area contributed by atoms with E-state index in [4.69, 9.17) is 4.74 Å². The van der Waals surface area contributed by atoms with E-state index in [1.807, 2.05) is 82.3 Å². The molecule has 0 bridgehead atoms. The van der Waals surface area contributed by atoms with Crippen LogP contribution in [0.25, 0.3) is 0 Å². The molecular formula is C31H39N3O5S. The fourth-order valence-electron chi connectivity index (χ4n) is 4.25. The molecule has 1 N–H and O–H groups in total. The molecule has 3 rings (SSSR count). The van der Waals surface area contributed by atoms with E-state index in [0.717, 1.165) is 27.3 Å². The number of hydrogen-bond acceptors (Lipinski definition) is 5. The Morgan fingerprint density at radius 2 is 1.52 bits per heavy atom. The summed E-state index contributed by atoms with van der Waals surface area (Å²) in [7, 11) is -3.82. The Morgan fingerprint density at radius 3 is 2.08 bits per heavy atom. The monoisotopic (exact) mass is 565 g/mol. The van der Waals surface area contributed by atoms with Gasteiger partial charge in [0.1, 0.15) is 24.9 Å². The second kappa shape index (κ2) is 14.0. The highest BCUT2D eigenvalue weighted by atomic mass is 32.2. The van der Waals surface area contributed by atoms with Crippen LogP contribution in [0.2, 0.25) is 0 Å². The lowest BCUT2D eigenvalue weighted by molar-refractivity contribution is -0.140. The summed E-state index contributed by atoms with van der Waals surface area (Å²) in [6.07, 6.45) is 1.44. The maximum Gasteiger partial charge on any atom is 0.244 e. The molecule has 214 valence electrons. The minimum Gasteiger partial charge on any atom is -0.489 e. The van der Waals surface area contributed by atoms with E-state index < -0.39 is 28.5 Å². The van der Waals surface area contributed by atoms with Gasteiger partial charge < -0.3 is 15.0 Å². The molecule has 0 unspecified atom stereocenters. The predicted molar refractivity (Wildman–Crippen MR) is 158 cm³/mol. The van der Waals surface area contributed by atoms with Crippen LogP contribution in [0.4, 0.5) is 5.69 Å². The lowest BCUT2D eigenvalue weighted by Gasteiger charge is -2.33. The van der Waals surface area contributed by atoms with Gasteiger partial charge in [0.05, 0.1) is 11.9 Å². The second-order valence-electron chi connectivity index (χ2n) is 10.1. The van der Waals surface area contributed by atoms with Crippen molar-refractivity contribution in [3.8, 4) is 5.75 Å². The van der Waals surface area contributed by atoms with Gasteiger partial charge in [-0.25, -0.2) is 8.42 Å². The van der Waals surface area contributed by atoms with Crippen molar-refractivity contribution in [3.63, 3.8) is 0 Å². The van der Waals surface area contributed by atoms with Gasteiger partial charge in [-0.2, -0.15) is 0 Å². The number of nitrogens with zero attached hydrogens (tertiary/aromatic N) is 2. The minimum absolute atomic E-state index is 0.104. The van der Waals surface area contributed by atoms with Crippen LogP contribution in [-0.2, 0) is 32.8 Å². The number of nitrogens with one attached hydrogen (secondary N) is 1. The second-order valence-corrected chi connectivity index (χ2v) is 12.0. The Labute approximate surface area is 238 Å². The molecule has 40 heavy (non-hydrogen) atoms. The zero-order valence-corrected chi connectivity index (χ0v) is 24.6. The largest absolute Gasteiger partial charge is 0.489 e. The van der Waals surface area contributed by atoms with Crippen molar-refractivity contribution in [1.29, 1.82) is 0 Å². The van der Waals surface area contributed by atoms with Gasteiger partial charge in [0.15, 0.2) is 0 Å². The number of carbonyl (C=O) groups excluding carboxylic acids is 2. The van der Waals surface area contributed by atoms with Crippen LogP contribution in [0, 0.1) is 6.92 Å². The summed E-state index contributed by atoms with van der Waals surface area (Å²) < 4.78 is 32.6. The van der Waals surface area contributed by atoms with Gasteiger partial charge in [-0.15, -0.1) is 0 Å². The van der Waals surface area contributed by atoms with Crippen molar-refractivity contribution >= 4 is 27.5 Å². The number of ether oxygens (including phenoxy) is 1. The van der Waals surface area contributed by atoms with E-state index in [0.29, 0.717) is 24.5 Å². The van der Waals surface area contributed by atoms with Gasteiger partial charge in [-0.05, 0) is 62.6 Å². The Bertz CT molecular complexity index is 1360. The fraction of sp³-hybridized carbons (Fsp3) is 0.355. The number of rotatable bonds is 13. The normalized spacial score (nSPS) is 12.1. The summed E-state index contributed by atoms with van der Waals surface area (Å²) in [5, 5.41) is 2.89. The topological polar surface area (TPSA) is 96.0 Å². The summed E-state index contributed by atoms with van der Waals surface area (Å²) >= 11 is 0. The first-order chi connectivity index (χ1) is 19.0. The molecule has 9 heteroatoms. The Morgan fingerprint density at radius 1 is 0.900 bits per heavy atom. The van der Waals surface area contributed by atoms with Gasteiger partial charge in [-0.1, -0.05) is 67.1 Å². The third-order valence-electron chi connectivity index (χ3n) is 6.34. The number of carbonyl (C=O) groups is 2. The average Bonchev–Trinajstić information content (AvgIpc) is 2.91. The summed E-state index contributed by atoms with van der Waals surface area (Å²) in [4.78, 5) is 28.3. The first kappa shape index (κ1) is 30.7. The quantitative estimate of drug-likeness (QED) is 0.325. The highest BCUT2D eigenvalue weighted by molar-refractivity contribution is 7.92. The third-order valence-corrected chi connectivity index (χ3v) is 7.48. The molecule has 0 aliphatic rings. The molecular weight excluding hydrogens is 526 g/mol. The Balaban J connectivity index is 1.85. The number of sulfonamides is 1. The van der Waals surface area contributed by atoms with E-state index in [1.165, 1.54) is 4.90 Å².